The van der Waals surface area contributed by atoms with Crippen molar-refractivity contribution in [2.75, 3.05) is 32.8 Å². The van der Waals surface area contributed by atoms with Crippen LogP contribution in [0.2, 0.25) is 5.02 Å². The van der Waals surface area contributed by atoms with Gasteiger partial charge in [-0.05, 0) is 31.0 Å². The maximum Gasteiger partial charge on any atom is 0.124 e. The number of phenols is 1. The summed E-state index contributed by atoms with van der Waals surface area (Å²) < 4.78 is 5.51. The number of phenolic OH excluding ortho intramolecular Hbond substituents is 1. The Morgan fingerprint density at radius 2 is 1.96 bits per heavy atom. The van der Waals surface area contributed by atoms with E-state index in [2.05, 4.69) is 9.89 Å². The van der Waals surface area contributed by atoms with Crippen molar-refractivity contribution >= 4 is 17.8 Å². The largest absolute Gasteiger partial charge is 0.507 e. The predicted molar refractivity (Wildman–Crippen MR) is 93.8 cm³/mol. The summed E-state index contributed by atoms with van der Waals surface area (Å²) in [6, 6.07) is 5.05. The lowest BCUT2D eigenvalue weighted by Crippen LogP contribution is -2.56. The van der Waals surface area contributed by atoms with Crippen LogP contribution in [0, 0.1) is 0 Å². The molecule has 23 heavy (non-hydrogen) atoms. The van der Waals surface area contributed by atoms with E-state index in [1.807, 2.05) is 0 Å². The Kier molecular flexibility index (Phi) is 5.57. The fraction of sp³-hybridized carbons (Fsp3) is 0.611. The van der Waals surface area contributed by atoms with Gasteiger partial charge in [-0.3, -0.25) is 9.89 Å². The molecule has 0 bridgehead atoms. The van der Waals surface area contributed by atoms with Gasteiger partial charge in [-0.15, -0.1) is 0 Å². The lowest BCUT2D eigenvalue weighted by Gasteiger charge is -2.47. The molecule has 0 radical (unpaired) electrons. The second-order valence-corrected chi connectivity index (χ2v) is 6.99. The van der Waals surface area contributed by atoms with Gasteiger partial charge < -0.3 is 9.84 Å². The number of nitrogens with zero attached hydrogens (tertiary/aromatic N) is 2. The average molecular weight is 337 g/mol. The van der Waals surface area contributed by atoms with Gasteiger partial charge in [0.05, 0.1) is 19.8 Å². The van der Waals surface area contributed by atoms with Crippen LogP contribution in [0.25, 0.3) is 0 Å². The molecule has 2 fully saturated rings. The molecular formula is C18H25ClN2O2. The molecule has 0 amide bonds. The van der Waals surface area contributed by atoms with Crippen LogP contribution in [-0.4, -0.2) is 54.6 Å². The maximum atomic E-state index is 9.91. The van der Waals surface area contributed by atoms with Gasteiger partial charge in [-0.2, -0.15) is 0 Å². The molecule has 1 aliphatic carbocycles. The summed E-state index contributed by atoms with van der Waals surface area (Å²) in [4.78, 5) is 7.26. The van der Waals surface area contributed by atoms with Gasteiger partial charge in [-0.25, -0.2) is 0 Å². The summed E-state index contributed by atoms with van der Waals surface area (Å²) in [6.07, 6.45) is 8.03. The van der Waals surface area contributed by atoms with Crippen LogP contribution in [0.15, 0.2) is 23.2 Å². The minimum absolute atomic E-state index is 0.159. The van der Waals surface area contributed by atoms with Crippen molar-refractivity contribution in [2.24, 2.45) is 4.99 Å². The summed E-state index contributed by atoms with van der Waals surface area (Å²) >= 11 is 6.00. The van der Waals surface area contributed by atoms with Crippen LogP contribution in [0.1, 0.15) is 37.7 Å². The molecule has 1 heterocycles. The molecule has 1 saturated carbocycles. The predicted octanol–water partition coefficient (Wildman–Crippen LogP) is 3.50. The molecule has 3 rings (SSSR count). The van der Waals surface area contributed by atoms with Crippen molar-refractivity contribution in [2.45, 2.75) is 37.6 Å². The Morgan fingerprint density at radius 3 is 2.70 bits per heavy atom. The molecule has 4 nitrogen and oxygen atoms in total. The van der Waals surface area contributed by atoms with Crippen molar-refractivity contribution in [1.29, 1.82) is 0 Å². The third-order valence-corrected chi connectivity index (χ3v) is 5.31. The highest BCUT2D eigenvalue weighted by Crippen LogP contribution is 2.34. The molecular weight excluding hydrogens is 312 g/mol. The van der Waals surface area contributed by atoms with E-state index in [4.69, 9.17) is 16.3 Å². The second kappa shape index (κ2) is 7.65. The smallest absolute Gasteiger partial charge is 0.124 e. The normalized spacial score (nSPS) is 22.5. The fourth-order valence-electron chi connectivity index (χ4n) is 3.76. The number of benzene rings is 1. The summed E-state index contributed by atoms with van der Waals surface area (Å²) in [5, 5.41) is 10.5. The zero-order valence-electron chi connectivity index (χ0n) is 13.5. The van der Waals surface area contributed by atoms with Crippen molar-refractivity contribution in [3.8, 4) is 5.75 Å². The number of rotatable bonds is 4. The monoisotopic (exact) mass is 336 g/mol. The molecule has 1 aromatic carbocycles. The standard InChI is InChI=1S/C18H25ClN2O2/c19-16-4-5-17(22)15(12-16)13-20-14-18(6-2-1-3-7-18)21-8-10-23-11-9-21/h4-5,12-13,22H,1-3,6-11,14H2. The summed E-state index contributed by atoms with van der Waals surface area (Å²) in [5.41, 5.74) is 0.845. The van der Waals surface area contributed by atoms with Gasteiger partial charge in [0.1, 0.15) is 5.75 Å². The van der Waals surface area contributed by atoms with Gasteiger partial charge in [0.15, 0.2) is 0 Å². The van der Waals surface area contributed by atoms with Crippen LogP contribution in [-0.2, 0) is 4.74 Å². The molecule has 0 unspecified atom stereocenters. The third-order valence-electron chi connectivity index (χ3n) is 5.07. The first-order valence-electron chi connectivity index (χ1n) is 8.51. The molecule has 1 N–H and O–H groups in total. The summed E-state index contributed by atoms with van der Waals surface area (Å²) in [5.74, 6) is 0.224. The second-order valence-electron chi connectivity index (χ2n) is 6.56. The van der Waals surface area contributed by atoms with Crippen LogP contribution >= 0.6 is 11.6 Å². The molecule has 0 aromatic heterocycles. The Balaban J connectivity index is 1.73. The number of aromatic hydroxyl groups is 1. The number of hydrogen-bond acceptors (Lipinski definition) is 4. The third kappa shape index (κ3) is 4.06. The lowest BCUT2D eigenvalue weighted by atomic mass is 9.80. The SMILES string of the molecule is Oc1ccc(Cl)cc1C=NCC1(N2CCOCC2)CCCCC1. The number of hydrogen-bond donors (Lipinski definition) is 1. The zero-order chi connectivity index (χ0) is 16.1. The van der Waals surface area contributed by atoms with Crippen molar-refractivity contribution < 1.29 is 9.84 Å². The summed E-state index contributed by atoms with van der Waals surface area (Å²) in [7, 11) is 0. The van der Waals surface area contributed by atoms with Crippen LogP contribution in [0.4, 0.5) is 0 Å². The van der Waals surface area contributed by atoms with E-state index in [-0.39, 0.29) is 11.3 Å². The minimum atomic E-state index is 0.159. The Labute approximate surface area is 143 Å². The molecule has 126 valence electrons. The number of morpholine rings is 1. The Morgan fingerprint density at radius 1 is 1.22 bits per heavy atom. The molecule has 0 spiro atoms. The van der Waals surface area contributed by atoms with E-state index in [0.29, 0.717) is 10.6 Å². The van der Waals surface area contributed by atoms with Gasteiger partial charge in [-0.1, -0.05) is 30.9 Å². The number of halogens is 1. The maximum absolute atomic E-state index is 9.91. The quantitative estimate of drug-likeness (QED) is 0.856. The van der Waals surface area contributed by atoms with Gasteiger partial charge in [0, 0.05) is 35.4 Å². The Hall–Kier alpha value is -1.10. The highest BCUT2D eigenvalue weighted by molar-refractivity contribution is 6.30. The zero-order valence-corrected chi connectivity index (χ0v) is 14.3. The first kappa shape index (κ1) is 16.7. The first-order valence-corrected chi connectivity index (χ1v) is 8.89. The number of aliphatic imine (C=N–C) groups is 1. The summed E-state index contributed by atoms with van der Waals surface area (Å²) in [6.45, 7) is 4.41. The van der Waals surface area contributed by atoms with E-state index < -0.39 is 0 Å². The van der Waals surface area contributed by atoms with E-state index in [1.165, 1.54) is 32.1 Å². The molecule has 2 aliphatic rings. The topological polar surface area (TPSA) is 45.1 Å². The van der Waals surface area contributed by atoms with E-state index >= 15 is 0 Å². The van der Waals surface area contributed by atoms with E-state index in [9.17, 15) is 5.11 Å². The van der Waals surface area contributed by atoms with E-state index in [0.717, 1.165) is 32.8 Å². The Bertz CT molecular complexity index is 550. The van der Waals surface area contributed by atoms with Crippen molar-refractivity contribution in [3.63, 3.8) is 0 Å². The van der Waals surface area contributed by atoms with Crippen molar-refractivity contribution in [3.05, 3.63) is 28.8 Å². The van der Waals surface area contributed by atoms with E-state index in [1.54, 1.807) is 24.4 Å². The van der Waals surface area contributed by atoms with Crippen LogP contribution in [0.5, 0.6) is 5.75 Å². The molecule has 1 saturated heterocycles. The average Bonchev–Trinajstić information content (AvgIpc) is 2.60. The molecule has 1 aromatic rings. The molecule has 5 heteroatoms. The van der Waals surface area contributed by atoms with Crippen LogP contribution in [0.3, 0.4) is 0 Å². The van der Waals surface area contributed by atoms with Gasteiger partial charge >= 0.3 is 0 Å². The highest BCUT2D eigenvalue weighted by atomic mass is 35.5. The minimum Gasteiger partial charge on any atom is -0.507 e. The lowest BCUT2D eigenvalue weighted by molar-refractivity contribution is -0.0332. The van der Waals surface area contributed by atoms with Gasteiger partial charge in [0.25, 0.3) is 0 Å². The number of ether oxygens (including phenoxy) is 1. The van der Waals surface area contributed by atoms with Gasteiger partial charge in [0.2, 0.25) is 0 Å². The van der Waals surface area contributed by atoms with Crippen LogP contribution < -0.4 is 0 Å². The molecule has 0 atom stereocenters. The highest BCUT2D eigenvalue weighted by Gasteiger charge is 2.38. The van der Waals surface area contributed by atoms with Crippen molar-refractivity contribution in [1.82, 2.24) is 4.90 Å². The fourth-order valence-corrected chi connectivity index (χ4v) is 3.95. The first-order chi connectivity index (χ1) is 11.2. The molecule has 1 aliphatic heterocycles.